The van der Waals surface area contributed by atoms with Gasteiger partial charge >= 0.3 is 0 Å². The van der Waals surface area contributed by atoms with Crippen LogP contribution in [-0.4, -0.2) is 41.8 Å². The van der Waals surface area contributed by atoms with E-state index in [1.54, 1.807) is 6.20 Å². The Morgan fingerprint density at radius 1 is 1.44 bits per heavy atom. The Kier molecular flexibility index (Phi) is 4.21. The van der Waals surface area contributed by atoms with E-state index in [9.17, 15) is 0 Å². The fourth-order valence-electron chi connectivity index (χ4n) is 3.36. The molecule has 1 unspecified atom stereocenters. The molecule has 6 heteroatoms. The van der Waals surface area contributed by atoms with Gasteiger partial charge in [0.25, 0.3) is 0 Å². The molecule has 3 aliphatic rings. The van der Waals surface area contributed by atoms with Crippen LogP contribution in [0, 0.1) is 5.41 Å². The lowest BCUT2D eigenvalue weighted by Gasteiger charge is -2.26. The Bertz CT molecular complexity index is 725. The van der Waals surface area contributed by atoms with Crippen molar-refractivity contribution in [3.05, 3.63) is 42.0 Å². The molecule has 0 amide bonds. The third-order valence-corrected chi connectivity index (χ3v) is 5.30. The minimum absolute atomic E-state index is 0.237. The molecule has 0 spiro atoms. The number of pyridine rings is 1. The van der Waals surface area contributed by atoms with Crippen LogP contribution in [0.1, 0.15) is 31.9 Å². The number of aromatic nitrogens is 1. The monoisotopic (exact) mass is 338 g/mol. The van der Waals surface area contributed by atoms with E-state index in [1.165, 1.54) is 12.8 Å². The number of hydrogen-bond acceptors (Lipinski definition) is 6. The van der Waals surface area contributed by atoms with E-state index in [-0.39, 0.29) is 5.41 Å². The average Bonchev–Trinajstić information content (AvgIpc) is 3.18. The molecule has 4 rings (SSSR count). The predicted molar refractivity (Wildman–Crippen MR) is 102 cm³/mol. The first-order chi connectivity index (χ1) is 12.2. The highest BCUT2D eigenvalue weighted by Gasteiger charge is 2.42. The molecule has 3 heterocycles. The van der Waals surface area contributed by atoms with E-state index in [0.29, 0.717) is 12.6 Å². The number of nitrogens with one attached hydrogen (secondary N) is 2. The van der Waals surface area contributed by atoms with Crippen LogP contribution >= 0.6 is 0 Å². The van der Waals surface area contributed by atoms with Gasteiger partial charge in [0.1, 0.15) is 5.82 Å². The Hall–Kier alpha value is -2.34. The summed E-state index contributed by atoms with van der Waals surface area (Å²) in [6.07, 6.45) is 9.28. The summed E-state index contributed by atoms with van der Waals surface area (Å²) in [4.78, 5) is 11.5. The largest absolute Gasteiger partial charge is 0.403 e. The SMILES string of the molecule is CC1(C2=CN(/C(=C\N)c3cccc(NC4CCNC4)n3)CC=N2)CC1. The maximum absolute atomic E-state index is 5.97. The highest BCUT2D eigenvalue weighted by atomic mass is 15.2. The molecule has 6 nitrogen and oxygen atoms in total. The van der Waals surface area contributed by atoms with E-state index in [0.717, 1.165) is 42.4 Å². The van der Waals surface area contributed by atoms with Gasteiger partial charge in [0.2, 0.25) is 0 Å². The predicted octanol–water partition coefficient (Wildman–Crippen LogP) is 2.14. The zero-order valence-electron chi connectivity index (χ0n) is 14.7. The first-order valence-corrected chi connectivity index (χ1v) is 9.06. The number of allylic oxidation sites excluding steroid dienone is 1. The summed E-state index contributed by atoms with van der Waals surface area (Å²) in [5, 5.41) is 6.87. The molecule has 2 aliphatic heterocycles. The van der Waals surface area contributed by atoms with Crippen LogP contribution in [0.4, 0.5) is 5.82 Å². The molecule has 0 aromatic carbocycles. The van der Waals surface area contributed by atoms with Crippen LogP contribution in [0.2, 0.25) is 0 Å². The van der Waals surface area contributed by atoms with Crippen molar-refractivity contribution in [3.8, 4) is 0 Å². The van der Waals surface area contributed by atoms with Gasteiger partial charge in [0.05, 0.1) is 23.6 Å². The van der Waals surface area contributed by atoms with Crippen LogP contribution < -0.4 is 16.4 Å². The zero-order valence-corrected chi connectivity index (χ0v) is 14.7. The first-order valence-electron chi connectivity index (χ1n) is 9.06. The van der Waals surface area contributed by atoms with Gasteiger partial charge in [-0.25, -0.2) is 4.98 Å². The fourth-order valence-corrected chi connectivity index (χ4v) is 3.36. The molecule has 1 aliphatic carbocycles. The lowest BCUT2D eigenvalue weighted by Crippen LogP contribution is -2.25. The van der Waals surface area contributed by atoms with Crippen LogP contribution in [0.3, 0.4) is 0 Å². The van der Waals surface area contributed by atoms with Crippen LogP contribution in [0.25, 0.3) is 5.70 Å². The molecule has 1 atom stereocenters. The Morgan fingerprint density at radius 3 is 3.04 bits per heavy atom. The topological polar surface area (TPSA) is 78.6 Å². The van der Waals surface area contributed by atoms with Gasteiger partial charge in [-0.05, 0) is 37.9 Å². The van der Waals surface area contributed by atoms with E-state index in [1.807, 2.05) is 24.4 Å². The molecule has 1 aromatic heterocycles. The molecule has 4 N–H and O–H groups in total. The third-order valence-electron chi connectivity index (χ3n) is 5.30. The third kappa shape index (κ3) is 3.39. The molecule has 0 radical (unpaired) electrons. The normalized spacial score (nSPS) is 25.0. The molecule has 1 saturated heterocycles. The van der Waals surface area contributed by atoms with Gasteiger partial charge in [-0.2, -0.15) is 0 Å². The summed E-state index contributed by atoms with van der Waals surface area (Å²) in [5.74, 6) is 0.898. The van der Waals surface area contributed by atoms with Crippen molar-refractivity contribution in [2.45, 2.75) is 32.2 Å². The maximum atomic E-state index is 5.97. The number of anilines is 1. The van der Waals surface area contributed by atoms with Crippen molar-refractivity contribution in [2.75, 3.05) is 25.0 Å². The van der Waals surface area contributed by atoms with Crippen LogP contribution in [0.5, 0.6) is 0 Å². The molecule has 0 bridgehead atoms. The van der Waals surface area contributed by atoms with Crippen LogP contribution in [0.15, 0.2) is 41.3 Å². The fraction of sp³-hybridized carbons (Fsp3) is 0.474. The zero-order chi connectivity index (χ0) is 17.3. The smallest absolute Gasteiger partial charge is 0.126 e. The van der Waals surface area contributed by atoms with E-state index in [2.05, 4.69) is 33.6 Å². The van der Waals surface area contributed by atoms with Crippen molar-refractivity contribution in [2.24, 2.45) is 16.1 Å². The van der Waals surface area contributed by atoms with Crippen molar-refractivity contribution in [1.82, 2.24) is 15.2 Å². The maximum Gasteiger partial charge on any atom is 0.126 e. The summed E-state index contributed by atoms with van der Waals surface area (Å²) in [6, 6.07) is 6.49. The van der Waals surface area contributed by atoms with Gasteiger partial charge < -0.3 is 21.3 Å². The first kappa shape index (κ1) is 16.1. The highest BCUT2D eigenvalue weighted by Crippen LogP contribution is 2.52. The molecule has 2 fully saturated rings. The van der Waals surface area contributed by atoms with E-state index < -0.39 is 0 Å². The molecule has 25 heavy (non-hydrogen) atoms. The molecule has 132 valence electrons. The number of rotatable bonds is 5. The summed E-state index contributed by atoms with van der Waals surface area (Å²) >= 11 is 0. The van der Waals surface area contributed by atoms with Crippen molar-refractivity contribution in [3.63, 3.8) is 0 Å². The molecular formula is C19H26N6. The number of aliphatic imine (C=N–C) groups is 1. The van der Waals surface area contributed by atoms with E-state index >= 15 is 0 Å². The lowest BCUT2D eigenvalue weighted by molar-refractivity contribution is 0.558. The number of nitrogens with two attached hydrogens (primary N) is 1. The Labute approximate surface area is 148 Å². The summed E-state index contributed by atoms with van der Waals surface area (Å²) < 4.78 is 0. The standard InChI is InChI=1S/C19H26N6/c1-19(6-7-19)17-13-25(10-9-22-17)16(11-20)15-3-2-4-18(24-15)23-14-5-8-21-12-14/h2-4,9,11,13-14,21H,5-8,10,12,20H2,1H3,(H,23,24)/b16-11-. The molecule has 1 aromatic rings. The minimum atomic E-state index is 0.237. The van der Waals surface area contributed by atoms with Crippen LogP contribution in [-0.2, 0) is 0 Å². The second kappa shape index (κ2) is 6.52. The van der Waals surface area contributed by atoms with Gasteiger partial charge in [-0.3, -0.25) is 4.99 Å². The van der Waals surface area contributed by atoms with Crippen molar-refractivity contribution >= 4 is 17.7 Å². The average molecular weight is 338 g/mol. The molecule has 1 saturated carbocycles. The summed E-state index contributed by atoms with van der Waals surface area (Å²) in [6.45, 7) is 5.03. The van der Waals surface area contributed by atoms with Gasteiger partial charge in [0.15, 0.2) is 0 Å². The van der Waals surface area contributed by atoms with Gasteiger partial charge in [-0.1, -0.05) is 13.0 Å². The summed E-state index contributed by atoms with van der Waals surface area (Å²) in [7, 11) is 0. The second-order valence-electron chi connectivity index (χ2n) is 7.33. The quantitative estimate of drug-likeness (QED) is 0.767. The van der Waals surface area contributed by atoms with Gasteiger partial charge in [-0.15, -0.1) is 0 Å². The minimum Gasteiger partial charge on any atom is -0.403 e. The highest BCUT2D eigenvalue weighted by molar-refractivity contribution is 5.71. The molecular weight excluding hydrogens is 312 g/mol. The van der Waals surface area contributed by atoms with E-state index in [4.69, 9.17) is 10.7 Å². The second-order valence-corrected chi connectivity index (χ2v) is 7.33. The number of nitrogens with zero attached hydrogens (tertiary/aromatic N) is 3. The Balaban J connectivity index is 1.55. The van der Waals surface area contributed by atoms with Crippen molar-refractivity contribution < 1.29 is 0 Å². The van der Waals surface area contributed by atoms with Crippen molar-refractivity contribution in [1.29, 1.82) is 0 Å². The summed E-state index contributed by atoms with van der Waals surface area (Å²) in [5.41, 5.74) is 9.15. The Morgan fingerprint density at radius 2 is 2.32 bits per heavy atom. The lowest BCUT2D eigenvalue weighted by atomic mass is 10.1. The number of hydrogen-bond donors (Lipinski definition) is 3. The van der Waals surface area contributed by atoms with Gasteiger partial charge in [0, 0.05) is 36.6 Å².